The Morgan fingerprint density at radius 1 is 0.862 bits per heavy atom. The number of aryl methyl sites for hydroxylation is 1. The highest BCUT2D eigenvalue weighted by molar-refractivity contribution is 9.10. The van der Waals surface area contributed by atoms with Crippen molar-refractivity contribution in [3.8, 4) is 16.9 Å². The zero-order valence-corrected chi connectivity index (χ0v) is 19.7. The van der Waals surface area contributed by atoms with E-state index in [9.17, 15) is 0 Å². The molecule has 0 amide bonds. The van der Waals surface area contributed by atoms with E-state index < -0.39 is 0 Å². The largest absolute Gasteiger partial charge is 0.492 e. The quantitative estimate of drug-likeness (QED) is 0.306. The summed E-state index contributed by atoms with van der Waals surface area (Å²) in [5, 5.41) is 0. The molecule has 0 bridgehead atoms. The van der Waals surface area contributed by atoms with Gasteiger partial charge in [0.15, 0.2) is 0 Å². The molecule has 0 saturated heterocycles. The van der Waals surface area contributed by atoms with Crippen LogP contribution in [-0.4, -0.2) is 6.61 Å². The molecule has 0 aliphatic heterocycles. The predicted octanol–water partition coefficient (Wildman–Crippen LogP) is 8.98. The molecule has 1 aliphatic rings. The van der Waals surface area contributed by atoms with Crippen LogP contribution in [0.2, 0.25) is 0 Å². The third-order valence-corrected chi connectivity index (χ3v) is 6.91. The van der Waals surface area contributed by atoms with Gasteiger partial charge in [-0.05, 0) is 69.9 Å². The average molecular weight is 457 g/mol. The van der Waals surface area contributed by atoms with Gasteiger partial charge in [0.2, 0.25) is 0 Å². The lowest BCUT2D eigenvalue weighted by Gasteiger charge is -2.21. The summed E-state index contributed by atoms with van der Waals surface area (Å²) in [6.45, 7) is 3.05. The monoisotopic (exact) mass is 456 g/mol. The minimum atomic E-state index is 0.803. The van der Waals surface area contributed by atoms with Crippen LogP contribution in [-0.2, 0) is 6.42 Å². The van der Waals surface area contributed by atoms with E-state index in [-0.39, 0.29) is 0 Å². The molecule has 2 aromatic carbocycles. The number of unbranched alkanes of at least 4 members (excludes halogenated alkanes) is 4. The highest BCUT2D eigenvalue weighted by Gasteiger charge is 2.13. The standard InChI is InChI=1S/C27H37BrO/c1-2-3-4-5-9-20-29-27-19-18-25(21-26(27)28)24-16-14-23(15-17-24)13-12-22-10-7-6-8-11-22/h14-19,21-22H,2-13,20H2,1H3. The van der Waals surface area contributed by atoms with Gasteiger partial charge in [0, 0.05) is 0 Å². The Morgan fingerprint density at radius 3 is 2.31 bits per heavy atom. The summed E-state index contributed by atoms with van der Waals surface area (Å²) in [6.07, 6.45) is 16.1. The smallest absolute Gasteiger partial charge is 0.133 e. The van der Waals surface area contributed by atoms with Gasteiger partial charge in [-0.15, -0.1) is 0 Å². The van der Waals surface area contributed by atoms with Crippen LogP contribution in [0.1, 0.15) is 83.1 Å². The number of rotatable bonds is 11. The van der Waals surface area contributed by atoms with Gasteiger partial charge < -0.3 is 4.74 Å². The van der Waals surface area contributed by atoms with E-state index >= 15 is 0 Å². The molecule has 1 fully saturated rings. The molecule has 29 heavy (non-hydrogen) atoms. The van der Waals surface area contributed by atoms with E-state index in [0.717, 1.165) is 29.2 Å². The second-order valence-corrected chi connectivity index (χ2v) is 9.50. The van der Waals surface area contributed by atoms with E-state index in [1.165, 1.54) is 87.3 Å². The zero-order valence-electron chi connectivity index (χ0n) is 18.1. The number of hydrogen-bond donors (Lipinski definition) is 0. The summed E-state index contributed by atoms with van der Waals surface area (Å²) >= 11 is 3.70. The molecule has 1 nitrogen and oxygen atoms in total. The van der Waals surface area contributed by atoms with Gasteiger partial charge >= 0.3 is 0 Å². The third kappa shape index (κ3) is 7.48. The molecule has 158 valence electrons. The Balaban J connectivity index is 1.48. The van der Waals surface area contributed by atoms with E-state index in [1.54, 1.807) is 0 Å². The lowest BCUT2D eigenvalue weighted by Crippen LogP contribution is -2.07. The number of ether oxygens (including phenoxy) is 1. The van der Waals surface area contributed by atoms with Crippen molar-refractivity contribution < 1.29 is 4.74 Å². The summed E-state index contributed by atoms with van der Waals surface area (Å²) < 4.78 is 7.02. The SMILES string of the molecule is CCCCCCCOc1ccc(-c2ccc(CCC3CCCCC3)cc2)cc1Br. The normalized spacial score (nSPS) is 14.8. The zero-order chi connectivity index (χ0) is 20.3. The highest BCUT2D eigenvalue weighted by Crippen LogP contribution is 2.32. The van der Waals surface area contributed by atoms with E-state index in [0.29, 0.717) is 0 Å². The van der Waals surface area contributed by atoms with Gasteiger partial charge in [0.05, 0.1) is 11.1 Å². The van der Waals surface area contributed by atoms with Gasteiger partial charge in [0.1, 0.15) is 5.75 Å². The van der Waals surface area contributed by atoms with Crippen LogP contribution in [0.4, 0.5) is 0 Å². The second-order valence-electron chi connectivity index (χ2n) is 8.65. The molecule has 1 aliphatic carbocycles. The molecule has 0 heterocycles. The molecule has 0 atom stereocenters. The lowest BCUT2D eigenvalue weighted by atomic mass is 9.85. The van der Waals surface area contributed by atoms with Crippen molar-refractivity contribution in [1.82, 2.24) is 0 Å². The molecule has 0 spiro atoms. The number of halogens is 1. The fourth-order valence-corrected chi connectivity index (χ4v) is 4.89. The first-order valence-corrected chi connectivity index (χ1v) is 12.6. The van der Waals surface area contributed by atoms with Gasteiger partial charge in [0.25, 0.3) is 0 Å². The van der Waals surface area contributed by atoms with Crippen molar-refractivity contribution in [2.75, 3.05) is 6.61 Å². The van der Waals surface area contributed by atoms with E-state index in [2.05, 4.69) is 65.3 Å². The Kier molecular flexibility index (Phi) is 9.60. The van der Waals surface area contributed by atoms with Gasteiger partial charge in [-0.2, -0.15) is 0 Å². The molecule has 3 rings (SSSR count). The first kappa shape index (κ1) is 22.4. The molecular formula is C27H37BrO. The summed E-state index contributed by atoms with van der Waals surface area (Å²) in [5.41, 5.74) is 3.99. The Morgan fingerprint density at radius 2 is 1.59 bits per heavy atom. The van der Waals surface area contributed by atoms with Gasteiger partial charge in [-0.1, -0.05) is 95.0 Å². The maximum atomic E-state index is 5.97. The third-order valence-electron chi connectivity index (χ3n) is 6.29. The second kappa shape index (κ2) is 12.4. The van der Waals surface area contributed by atoms with Crippen molar-refractivity contribution >= 4 is 15.9 Å². The van der Waals surface area contributed by atoms with Crippen molar-refractivity contribution in [1.29, 1.82) is 0 Å². The fraction of sp³-hybridized carbons (Fsp3) is 0.556. The first-order valence-electron chi connectivity index (χ1n) is 11.8. The van der Waals surface area contributed by atoms with Crippen molar-refractivity contribution in [2.24, 2.45) is 5.92 Å². The highest BCUT2D eigenvalue weighted by atomic mass is 79.9. The van der Waals surface area contributed by atoms with Crippen LogP contribution in [0.5, 0.6) is 5.75 Å². The topological polar surface area (TPSA) is 9.23 Å². The van der Waals surface area contributed by atoms with Crippen LogP contribution in [0.25, 0.3) is 11.1 Å². The maximum absolute atomic E-state index is 5.97. The molecule has 0 aromatic heterocycles. The van der Waals surface area contributed by atoms with Crippen LogP contribution >= 0.6 is 15.9 Å². The molecule has 0 N–H and O–H groups in total. The molecule has 1 saturated carbocycles. The van der Waals surface area contributed by atoms with Gasteiger partial charge in [-0.3, -0.25) is 0 Å². The maximum Gasteiger partial charge on any atom is 0.133 e. The number of benzene rings is 2. The molecule has 0 radical (unpaired) electrons. The lowest BCUT2D eigenvalue weighted by molar-refractivity contribution is 0.303. The van der Waals surface area contributed by atoms with Crippen molar-refractivity contribution in [3.63, 3.8) is 0 Å². The summed E-state index contributed by atoms with van der Waals surface area (Å²) in [6, 6.07) is 15.6. The molecule has 2 aromatic rings. The van der Waals surface area contributed by atoms with Crippen LogP contribution < -0.4 is 4.74 Å². The minimum Gasteiger partial charge on any atom is -0.492 e. The minimum absolute atomic E-state index is 0.803. The molecular weight excluding hydrogens is 420 g/mol. The van der Waals surface area contributed by atoms with E-state index in [4.69, 9.17) is 4.74 Å². The summed E-state index contributed by atoms with van der Waals surface area (Å²) in [5.74, 6) is 1.91. The van der Waals surface area contributed by atoms with Crippen LogP contribution in [0.3, 0.4) is 0 Å². The summed E-state index contributed by atoms with van der Waals surface area (Å²) in [7, 11) is 0. The Bertz CT molecular complexity index is 716. The summed E-state index contributed by atoms with van der Waals surface area (Å²) in [4.78, 5) is 0. The Hall–Kier alpha value is -1.28. The first-order chi connectivity index (χ1) is 14.3. The van der Waals surface area contributed by atoms with Crippen molar-refractivity contribution in [3.05, 3.63) is 52.5 Å². The predicted molar refractivity (Wildman–Crippen MR) is 129 cm³/mol. The van der Waals surface area contributed by atoms with E-state index in [1.807, 2.05) is 0 Å². The molecule has 0 unspecified atom stereocenters. The average Bonchev–Trinajstić information content (AvgIpc) is 2.77. The van der Waals surface area contributed by atoms with Crippen LogP contribution in [0.15, 0.2) is 46.9 Å². The van der Waals surface area contributed by atoms with Crippen LogP contribution in [0, 0.1) is 5.92 Å². The molecule has 2 heteroatoms. The van der Waals surface area contributed by atoms with Crippen molar-refractivity contribution in [2.45, 2.75) is 84.0 Å². The fourth-order valence-electron chi connectivity index (χ4n) is 4.40. The Labute approximate surface area is 186 Å². The van der Waals surface area contributed by atoms with Gasteiger partial charge in [-0.25, -0.2) is 0 Å². The number of hydrogen-bond acceptors (Lipinski definition) is 1.